The highest BCUT2D eigenvalue weighted by molar-refractivity contribution is 5.43. The standard InChI is InChI=1S/C11H15N/c1-7(2)11-8(3)6-12-10-5-4-9(10)11/h6-7H,4-5H2,1-3H3. The topological polar surface area (TPSA) is 12.9 Å². The second-order valence-electron chi connectivity index (χ2n) is 3.93. The molecule has 0 N–H and O–H groups in total. The van der Waals surface area contributed by atoms with E-state index in [0.29, 0.717) is 5.92 Å². The number of fused-ring (bicyclic) bond motifs is 1. The monoisotopic (exact) mass is 161 g/mol. The van der Waals surface area contributed by atoms with Crippen LogP contribution in [-0.2, 0) is 12.8 Å². The quantitative estimate of drug-likeness (QED) is 0.617. The van der Waals surface area contributed by atoms with Gasteiger partial charge >= 0.3 is 0 Å². The van der Waals surface area contributed by atoms with Gasteiger partial charge in [0.15, 0.2) is 0 Å². The molecular weight excluding hydrogens is 146 g/mol. The van der Waals surface area contributed by atoms with Crippen molar-refractivity contribution in [3.8, 4) is 0 Å². The molecule has 1 aliphatic carbocycles. The Labute approximate surface area is 73.8 Å². The first-order valence-electron chi connectivity index (χ1n) is 4.67. The van der Waals surface area contributed by atoms with E-state index < -0.39 is 0 Å². The highest BCUT2D eigenvalue weighted by Gasteiger charge is 2.21. The molecule has 0 spiro atoms. The van der Waals surface area contributed by atoms with Crippen molar-refractivity contribution in [1.29, 1.82) is 0 Å². The molecule has 1 aromatic heterocycles. The van der Waals surface area contributed by atoms with Crippen LogP contribution in [0.1, 0.15) is 42.1 Å². The molecule has 1 nitrogen and oxygen atoms in total. The highest BCUT2D eigenvalue weighted by Crippen LogP contribution is 2.31. The van der Waals surface area contributed by atoms with Crippen LogP contribution in [-0.4, -0.2) is 4.98 Å². The van der Waals surface area contributed by atoms with Gasteiger partial charge in [-0.3, -0.25) is 4.98 Å². The summed E-state index contributed by atoms with van der Waals surface area (Å²) in [6.45, 7) is 6.70. The van der Waals surface area contributed by atoms with Crippen molar-refractivity contribution >= 4 is 0 Å². The summed E-state index contributed by atoms with van der Waals surface area (Å²) in [7, 11) is 0. The first-order valence-corrected chi connectivity index (χ1v) is 4.67. The summed E-state index contributed by atoms with van der Waals surface area (Å²) in [6.07, 6.45) is 4.46. The smallest absolute Gasteiger partial charge is 0.0442 e. The number of rotatable bonds is 1. The third-order valence-electron chi connectivity index (χ3n) is 2.70. The zero-order valence-electron chi connectivity index (χ0n) is 8.02. The molecule has 1 aliphatic rings. The number of hydrogen-bond donors (Lipinski definition) is 0. The summed E-state index contributed by atoms with van der Waals surface area (Å²) < 4.78 is 0. The Morgan fingerprint density at radius 1 is 1.33 bits per heavy atom. The van der Waals surface area contributed by atoms with Crippen molar-refractivity contribution in [3.63, 3.8) is 0 Å². The van der Waals surface area contributed by atoms with Crippen molar-refractivity contribution in [2.24, 2.45) is 0 Å². The molecule has 2 rings (SSSR count). The van der Waals surface area contributed by atoms with Crippen LogP contribution in [0.3, 0.4) is 0 Å². The molecule has 0 fully saturated rings. The second kappa shape index (κ2) is 2.58. The molecule has 0 unspecified atom stereocenters. The highest BCUT2D eigenvalue weighted by atomic mass is 14.7. The SMILES string of the molecule is Cc1cnc2c(c1C(C)C)CC2. The summed E-state index contributed by atoms with van der Waals surface area (Å²) in [6, 6.07) is 0. The van der Waals surface area contributed by atoms with Crippen LogP contribution >= 0.6 is 0 Å². The zero-order chi connectivity index (χ0) is 8.72. The minimum Gasteiger partial charge on any atom is -0.261 e. The van der Waals surface area contributed by atoms with Gasteiger partial charge in [0, 0.05) is 11.9 Å². The zero-order valence-corrected chi connectivity index (χ0v) is 8.02. The molecule has 64 valence electrons. The first kappa shape index (κ1) is 7.78. The summed E-state index contributed by atoms with van der Waals surface area (Å²) in [5, 5.41) is 0. The van der Waals surface area contributed by atoms with Crippen LogP contribution in [0, 0.1) is 6.92 Å². The Kier molecular flexibility index (Phi) is 1.67. The Hall–Kier alpha value is -0.850. The molecule has 0 bridgehead atoms. The molecule has 0 saturated carbocycles. The van der Waals surface area contributed by atoms with Crippen LogP contribution in [0.5, 0.6) is 0 Å². The second-order valence-corrected chi connectivity index (χ2v) is 3.93. The van der Waals surface area contributed by atoms with Crippen molar-refractivity contribution in [3.05, 3.63) is 28.6 Å². The maximum atomic E-state index is 4.41. The van der Waals surface area contributed by atoms with E-state index in [4.69, 9.17) is 0 Å². The van der Waals surface area contributed by atoms with Crippen LogP contribution in [0.4, 0.5) is 0 Å². The number of aromatic nitrogens is 1. The van der Waals surface area contributed by atoms with E-state index in [9.17, 15) is 0 Å². The van der Waals surface area contributed by atoms with Gasteiger partial charge in [-0.15, -0.1) is 0 Å². The average molecular weight is 161 g/mol. The minimum absolute atomic E-state index is 0.655. The summed E-state index contributed by atoms with van der Waals surface area (Å²) in [4.78, 5) is 4.41. The van der Waals surface area contributed by atoms with Gasteiger partial charge in [0.1, 0.15) is 0 Å². The van der Waals surface area contributed by atoms with Crippen molar-refractivity contribution in [2.45, 2.75) is 39.5 Å². The predicted octanol–water partition coefficient (Wildman–Crippen LogP) is 2.61. The predicted molar refractivity (Wildman–Crippen MR) is 50.5 cm³/mol. The van der Waals surface area contributed by atoms with E-state index in [-0.39, 0.29) is 0 Å². The number of hydrogen-bond acceptors (Lipinski definition) is 1. The average Bonchev–Trinajstić information content (AvgIpc) is 1.94. The summed E-state index contributed by atoms with van der Waals surface area (Å²) in [5.74, 6) is 0.655. The van der Waals surface area contributed by atoms with Gasteiger partial charge in [-0.2, -0.15) is 0 Å². The van der Waals surface area contributed by atoms with Gasteiger partial charge in [0.2, 0.25) is 0 Å². The summed E-state index contributed by atoms with van der Waals surface area (Å²) >= 11 is 0. The number of nitrogens with zero attached hydrogens (tertiary/aromatic N) is 1. The molecular formula is C11H15N. The van der Waals surface area contributed by atoms with Crippen LogP contribution < -0.4 is 0 Å². The normalized spacial score (nSPS) is 14.3. The van der Waals surface area contributed by atoms with E-state index in [1.165, 1.54) is 29.7 Å². The third kappa shape index (κ3) is 0.961. The van der Waals surface area contributed by atoms with Gasteiger partial charge in [-0.05, 0) is 42.4 Å². The molecule has 0 radical (unpaired) electrons. The molecule has 0 atom stereocenters. The van der Waals surface area contributed by atoms with E-state index in [1.807, 2.05) is 6.20 Å². The molecule has 0 amide bonds. The van der Waals surface area contributed by atoms with Gasteiger partial charge in [0.05, 0.1) is 0 Å². The molecule has 1 heteroatoms. The molecule has 12 heavy (non-hydrogen) atoms. The van der Waals surface area contributed by atoms with E-state index in [2.05, 4.69) is 25.8 Å². The Bertz CT molecular complexity index is 313. The van der Waals surface area contributed by atoms with Gasteiger partial charge in [0.25, 0.3) is 0 Å². The first-order chi connectivity index (χ1) is 5.70. The molecule has 1 aromatic rings. The molecule has 0 aromatic carbocycles. The Morgan fingerprint density at radius 2 is 2.08 bits per heavy atom. The third-order valence-corrected chi connectivity index (χ3v) is 2.70. The Balaban J connectivity index is 2.57. The summed E-state index contributed by atoms with van der Waals surface area (Å²) in [5.41, 5.74) is 5.78. The molecule has 0 saturated heterocycles. The van der Waals surface area contributed by atoms with Gasteiger partial charge < -0.3 is 0 Å². The largest absolute Gasteiger partial charge is 0.261 e. The lowest BCUT2D eigenvalue weighted by molar-refractivity contribution is 0.728. The van der Waals surface area contributed by atoms with Crippen molar-refractivity contribution in [1.82, 2.24) is 4.98 Å². The fourth-order valence-electron chi connectivity index (χ4n) is 2.08. The molecule has 1 heterocycles. The van der Waals surface area contributed by atoms with E-state index in [0.717, 1.165) is 0 Å². The minimum atomic E-state index is 0.655. The Morgan fingerprint density at radius 3 is 2.50 bits per heavy atom. The maximum Gasteiger partial charge on any atom is 0.0442 e. The van der Waals surface area contributed by atoms with Crippen molar-refractivity contribution in [2.75, 3.05) is 0 Å². The lowest BCUT2D eigenvalue weighted by atomic mass is 9.83. The fraction of sp³-hybridized carbons (Fsp3) is 0.545. The van der Waals surface area contributed by atoms with E-state index >= 15 is 0 Å². The van der Waals surface area contributed by atoms with Crippen molar-refractivity contribution < 1.29 is 0 Å². The van der Waals surface area contributed by atoms with Gasteiger partial charge in [-0.1, -0.05) is 13.8 Å². The lowest BCUT2D eigenvalue weighted by Crippen LogP contribution is -2.16. The van der Waals surface area contributed by atoms with E-state index in [1.54, 1.807) is 5.56 Å². The van der Waals surface area contributed by atoms with Crippen LogP contribution in [0.25, 0.3) is 0 Å². The molecule has 0 aliphatic heterocycles. The van der Waals surface area contributed by atoms with Gasteiger partial charge in [-0.25, -0.2) is 0 Å². The number of aryl methyl sites for hydroxylation is 2. The maximum absolute atomic E-state index is 4.41. The fourth-order valence-corrected chi connectivity index (χ4v) is 2.08. The number of pyridine rings is 1. The van der Waals surface area contributed by atoms with Crippen LogP contribution in [0.15, 0.2) is 6.20 Å². The van der Waals surface area contributed by atoms with Crippen LogP contribution in [0.2, 0.25) is 0 Å². The lowest BCUT2D eigenvalue weighted by Gasteiger charge is -2.24.